The minimum Gasteiger partial charge on any atom is -0.486 e. The lowest BCUT2D eigenvalue weighted by Crippen LogP contribution is -2.50. The molecule has 2 atom stereocenters. The summed E-state index contributed by atoms with van der Waals surface area (Å²) in [4.78, 5) is 17.0. The van der Waals surface area contributed by atoms with Crippen molar-refractivity contribution >= 4 is 5.91 Å². The van der Waals surface area contributed by atoms with E-state index in [0.717, 1.165) is 5.69 Å². The number of hydrogen-bond acceptors (Lipinski definition) is 6. The fourth-order valence-corrected chi connectivity index (χ4v) is 3.15. The molecule has 2 aliphatic rings. The lowest BCUT2D eigenvalue weighted by Gasteiger charge is -2.32. The monoisotopic (exact) mass is 370 g/mol. The van der Waals surface area contributed by atoms with Gasteiger partial charge in [0.05, 0.1) is 24.9 Å². The Labute approximate surface area is 157 Å². The van der Waals surface area contributed by atoms with Gasteiger partial charge in [-0.25, -0.2) is 0 Å². The Morgan fingerprint density at radius 2 is 2.04 bits per heavy atom. The average Bonchev–Trinajstić information content (AvgIpc) is 2.73. The minimum atomic E-state index is -0.220. The number of pyridine rings is 1. The predicted octanol–water partition coefficient (Wildman–Crippen LogP) is 1.96. The van der Waals surface area contributed by atoms with Crippen LogP contribution in [0.4, 0.5) is 0 Å². The van der Waals surface area contributed by atoms with Crippen molar-refractivity contribution in [3.05, 3.63) is 53.9 Å². The molecule has 0 bridgehead atoms. The second-order valence-electron chi connectivity index (χ2n) is 6.47. The number of rotatable bonds is 5. The highest BCUT2D eigenvalue weighted by molar-refractivity contribution is 5.95. The van der Waals surface area contributed by atoms with Gasteiger partial charge in [0.2, 0.25) is 0 Å². The summed E-state index contributed by atoms with van der Waals surface area (Å²) in [6, 6.07) is 10.8. The van der Waals surface area contributed by atoms with E-state index in [1.165, 1.54) is 0 Å². The third-order valence-corrected chi connectivity index (χ3v) is 4.60. The SMILES string of the molecule is O=C(N[C@@H]1CCOC[C@H]1OCc1ccccn1)c1ccc2c(c1)OCCO2. The van der Waals surface area contributed by atoms with Crippen LogP contribution >= 0.6 is 0 Å². The number of nitrogens with zero attached hydrogens (tertiary/aromatic N) is 1. The van der Waals surface area contributed by atoms with E-state index in [2.05, 4.69) is 10.3 Å². The van der Waals surface area contributed by atoms with E-state index in [9.17, 15) is 4.79 Å². The molecule has 1 N–H and O–H groups in total. The van der Waals surface area contributed by atoms with Crippen LogP contribution in [0.15, 0.2) is 42.6 Å². The van der Waals surface area contributed by atoms with Crippen LogP contribution in [0.3, 0.4) is 0 Å². The molecule has 2 aromatic rings. The third kappa shape index (κ3) is 4.37. The number of carbonyl (C=O) groups is 1. The molecule has 1 aromatic carbocycles. The zero-order chi connectivity index (χ0) is 18.5. The van der Waals surface area contributed by atoms with Crippen molar-refractivity contribution < 1.29 is 23.7 Å². The summed E-state index contributed by atoms with van der Waals surface area (Å²) < 4.78 is 22.5. The van der Waals surface area contributed by atoms with Gasteiger partial charge in [-0.05, 0) is 36.8 Å². The van der Waals surface area contributed by atoms with Gasteiger partial charge in [0, 0.05) is 18.4 Å². The van der Waals surface area contributed by atoms with E-state index in [-0.39, 0.29) is 18.1 Å². The van der Waals surface area contributed by atoms with Crippen molar-refractivity contribution in [1.82, 2.24) is 10.3 Å². The highest BCUT2D eigenvalue weighted by Crippen LogP contribution is 2.30. The van der Waals surface area contributed by atoms with Crippen molar-refractivity contribution in [3.8, 4) is 11.5 Å². The maximum absolute atomic E-state index is 12.7. The van der Waals surface area contributed by atoms with Crippen LogP contribution in [0.5, 0.6) is 11.5 Å². The molecule has 142 valence electrons. The summed E-state index contributed by atoms with van der Waals surface area (Å²) in [5, 5.41) is 3.07. The van der Waals surface area contributed by atoms with Crippen LogP contribution in [-0.4, -0.2) is 49.5 Å². The number of hydrogen-bond donors (Lipinski definition) is 1. The molecule has 7 heteroatoms. The number of fused-ring (bicyclic) bond motifs is 1. The van der Waals surface area contributed by atoms with Gasteiger partial charge in [0.1, 0.15) is 19.3 Å². The Balaban J connectivity index is 1.39. The van der Waals surface area contributed by atoms with Gasteiger partial charge in [0.15, 0.2) is 11.5 Å². The zero-order valence-corrected chi connectivity index (χ0v) is 14.9. The maximum atomic E-state index is 12.7. The van der Waals surface area contributed by atoms with Gasteiger partial charge in [-0.1, -0.05) is 6.07 Å². The van der Waals surface area contributed by atoms with Crippen molar-refractivity contribution in [3.63, 3.8) is 0 Å². The quantitative estimate of drug-likeness (QED) is 0.867. The highest BCUT2D eigenvalue weighted by atomic mass is 16.6. The van der Waals surface area contributed by atoms with Gasteiger partial charge in [-0.3, -0.25) is 9.78 Å². The molecule has 1 amide bonds. The molecule has 0 aliphatic carbocycles. The normalized spacial score (nSPS) is 21.5. The van der Waals surface area contributed by atoms with Crippen molar-refractivity contribution in [2.45, 2.75) is 25.2 Å². The predicted molar refractivity (Wildman–Crippen MR) is 96.9 cm³/mol. The number of nitrogens with one attached hydrogen (secondary N) is 1. The Morgan fingerprint density at radius 1 is 1.15 bits per heavy atom. The summed E-state index contributed by atoms with van der Waals surface area (Å²) in [7, 11) is 0. The third-order valence-electron chi connectivity index (χ3n) is 4.60. The van der Waals surface area contributed by atoms with E-state index >= 15 is 0 Å². The molecule has 27 heavy (non-hydrogen) atoms. The Hall–Kier alpha value is -2.64. The first kappa shape index (κ1) is 17.8. The van der Waals surface area contributed by atoms with Crippen LogP contribution in [-0.2, 0) is 16.1 Å². The van der Waals surface area contributed by atoms with Gasteiger partial charge >= 0.3 is 0 Å². The van der Waals surface area contributed by atoms with Crippen molar-refractivity contribution in [1.29, 1.82) is 0 Å². The largest absolute Gasteiger partial charge is 0.486 e. The average molecular weight is 370 g/mol. The molecule has 0 saturated carbocycles. The fourth-order valence-electron chi connectivity index (χ4n) is 3.15. The molecule has 1 fully saturated rings. The summed E-state index contributed by atoms with van der Waals surface area (Å²) in [5.74, 6) is 1.11. The van der Waals surface area contributed by atoms with Crippen LogP contribution < -0.4 is 14.8 Å². The lowest BCUT2D eigenvalue weighted by atomic mass is 10.0. The molecule has 0 spiro atoms. The van der Waals surface area contributed by atoms with E-state index < -0.39 is 0 Å². The van der Waals surface area contributed by atoms with Crippen LogP contribution in [0, 0.1) is 0 Å². The topological polar surface area (TPSA) is 78.9 Å². The number of aromatic nitrogens is 1. The molecule has 4 rings (SSSR count). The van der Waals surface area contributed by atoms with Crippen molar-refractivity contribution in [2.24, 2.45) is 0 Å². The number of amides is 1. The van der Waals surface area contributed by atoms with E-state index in [1.54, 1.807) is 24.4 Å². The zero-order valence-electron chi connectivity index (χ0n) is 14.9. The molecule has 1 saturated heterocycles. The molecule has 1 aromatic heterocycles. The number of benzene rings is 1. The summed E-state index contributed by atoms with van der Waals surface area (Å²) in [6.07, 6.45) is 2.21. The molecule has 3 heterocycles. The molecular formula is C20H22N2O5. The Bertz CT molecular complexity index is 783. The van der Waals surface area contributed by atoms with E-state index in [4.69, 9.17) is 18.9 Å². The van der Waals surface area contributed by atoms with Crippen molar-refractivity contribution in [2.75, 3.05) is 26.4 Å². The highest BCUT2D eigenvalue weighted by Gasteiger charge is 2.28. The summed E-state index contributed by atoms with van der Waals surface area (Å²) >= 11 is 0. The second-order valence-corrected chi connectivity index (χ2v) is 6.47. The molecular weight excluding hydrogens is 348 g/mol. The lowest BCUT2D eigenvalue weighted by molar-refractivity contribution is -0.0743. The summed E-state index contributed by atoms with van der Waals surface area (Å²) in [5.41, 5.74) is 1.38. The summed E-state index contributed by atoms with van der Waals surface area (Å²) in [6.45, 7) is 2.43. The van der Waals surface area contributed by atoms with Gasteiger partial charge < -0.3 is 24.3 Å². The standard InChI is InChI=1S/C20H22N2O5/c23-20(14-4-5-17-18(11-14)26-10-9-25-17)22-16-6-8-24-13-19(16)27-12-15-3-1-2-7-21-15/h1-5,7,11,16,19H,6,8-10,12-13H2,(H,22,23)/t16-,19-/m1/s1. The van der Waals surface area contributed by atoms with Crippen LogP contribution in [0.1, 0.15) is 22.5 Å². The van der Waals surface area contributed by atoms with Gasteiger partial charge in [-0.2, -0.15) is 0 Å². The van der Waals surface area contributed by atoms with Gasteiger partial charge in [0.25, 0.3) is 5.91 Å². The van der Waals surface area contributed by atoms with E-state index in [0.29, 0.717) is 56.5 Å². The maximum Gasteiger partial charge on any atom is 0.251 e. The first-order chi connectivity index (χ1) is 13.3. The van der Waals surface area contributed by atoms with Crippen LogP contribution in [0.25, 0.3) is 0 Å². The Kier molecular flexibility index (Phi) is 5.50. The molecule has 7 nitrogen and oxygen atoms in total. The number of carbonyl (C=O) groups excluding carboxylic acids is 1. The second kappa shape index (κ2) is 8.37. The smallest absolute Gasteiger partial charge is 0.251 e. The number of ether oxygens (including phenoxy) is 4. The molecule has 0 unspecified atom stereocenters. The molecule has 0 radical (unpaired) electrons. The minimum absolute atomic E-state index is 0.122. The fraction of sp³-hybridized carbons (Fsp3) is 0.400. The first-order valence-corrected chi connectivity index (χ1v) is 9.09. The molecule has 2 aliphatic heterocycles. The van der Waals surface area contributed by atoms with Crippen LogP contribution in [0.2, 0.25) is 0 Å². The van der Waals surface area contributed by atoms with Gasteiger partial charge in [-0.15, -0.1) is 0 Å². The Morgan fingerprint density at radius 3 is 2.89 bits per heavy atom. The first-order valence-electron chi connectivity index (χ1n) is 9.09. The van der Waals surface area contributed by atoms with E-state index in [1.807, 2.05) is 18.2 Å².